The molecule has 0 aromatic heterocycles. The van der Waals surface area contributed by atoms with Gasteiger partial charge in [0.15, 0.2) is 0 Å². The van der Waals surface area contributed by atoms with E-state index in [0.717, 1.165) is 16.5 Å². The summed E-state index contributed by atoms with van der Waals surface area (Å²) >= 11 is 0. The summed E-state index contributed by atoms with van der Waals surface area (Å²) in [6, 6.07) is 17.3. The first-order valence-corrected chi connectivity index (χ1v) is 6.64. The zero-order chi connectivity index (χ0) is 14.8. The van der Waals surface area contributed by atoms with Gasteiger partial charge in [-0.15, -0.1) is 0 Å². The fraction of sp³-hybridized carbons (Fsp3) is 0.0556. The van der Waals surface area contributed by atoms with Gasteiger partial charge in [-0.25, -0.2) is 9.18 Å². The van der Waals surface area contributed by atoms with Gasteiger partial charge < -0.3 is 5.11 Å². The molecule has 0 bridgehead atoms. The van der Waals surface area contributed by atoms with E-state index in [9.17, 15) is 14.3 Å². The van der Waals surface area contributed by atoms with E-state index in [1.165, 1.54) is 6.07 Å². The minimum Gasteiger partial charge on any atom is -0.478 e. The molecule has 0 aliphatic heterocycles. The number of carboxylic acid groups (broad SMARTS) is 1. The molecule has 0 radical (unpaired) electrons. The van der Waals surface area contributed by atoms with Crippen molar-refractivity contribution in [2.75, 3.05) is 0 Å². The monoisotopic (exact) mass is 280 g/mol. The molecule has 0 fully saturated rings. The quantitative estimate of drug-likeness (QED) is 0.778. The van der Waals surface area contributed by atoms with Crippen LogP contribution in [0.1, 0.15) is 21.5 Å². The first kappa shape index (κ1) is 13.3. The van der Waals surface area contributed by atoms with E-state index < -0.39 is 5.97 Å². The van der Waals surface area contributed by atoms with Crippen molar-refractivity contribution in [3.8, 4) is 0 Å². The van der Waals surface area contributed by atoms with Gasteiger partial charge >= 0.3 is 5.97 Å². The van der Waals surface area contributed by atoms with Crippen LogP contribution in [0.5, 0.6) is 0 Å². The Kier molecular flexibility index (Phi) is 3.40. The molecule has 21 heavy (non-hydrogen) atoms. The molecule has 3 heteroatoms. The Morgan fingerprint density at radius 1 is 0.857 bits per heavy atom. The fourth-order valence-electron chi connectivity index (χ4n) is 2.57. The molecule has 0 spiro atoms. The van der Waals surface area contributed by atoms with E-state index in [4.69, 9.17) is 0 Å². The van der Waals surface area contributed by atoms with Gasteiger partial charge in [-0.3, -0.25) is 0 Å². The summed E-state index contributed by atoms with van der Waals surface area (Å²) in [6.45, 7) is 0. The number of benzene rings is 3. The van der Waals surface area contributed by atoms with Gasteiger partial charge in [0.05, 0.1) is 5.56 Å². The van der Waals surface area contributed by atoms with E-state index >= 15 is 0 Å². The minimum absolute atomic E-state index is 0.263. The highest BCUT2D eigenvalue weighted by Crippen LogP contribution is 2.25. The molecule has 0 saturated heterocycles. The molecule has 0 saturated carbocycles. The van der Waals surface area contributed by atoms with Crippen molar-refractivity contribution in [3.63, 3.8) is 0 Å². The highest BCUT2D eigenvalue weighted by atomic mass is 19.1. The number of fused-ring (bicyclic) bond motifs is 1. The number of aromatic carboxylic acids is 1. The van der Waals surface area contributed by atoms with E-state index in [-0.39, 0.29) is 11.4 Å². The Labute approximate surface area is 121 Å². The van der Waals surface area contributed by atoms with Gasteiger partial charge in [-0.2, -0.15) is 0 Å². The molecule has 0 amide bonds. The third-order valence-electron chi connectivity index (χ3n) is 3.59. The molecule has 0 unspecified atom stereocenters. The summed E-state index contributed by atoms with van der Waals surface area (Å²) in [6.07, 6.45) is 0.462. The second-order valence-electron chi connectivity index (χ2n) is 4.89. The average Bonchev–Trinajstić information content (AvgIpc) is 2.51. The molecule has 1 N–H and O–H groups in total. The molecule has 0 heterocycles. The summed E-state index contributed by atoms with van der Waals surface area (Å²) in [5.74, 6) is -1.21. The molecule has 3 rings (SSSR count). The summed E-state index contributed by atoms with van der Waals surface area (Å²) in [5, 5.41) is 10.6. The second-order valence-corrected chi connectivity index (χ2v) is 4.89. The van der Waals surface area contributed by atoms with Crippen LogP contribution < -0.4 is 0 Å². The van der Waals surface area contributed by atoms with Gasteiger partial charge in [0.2, 0.25) is 0 Å². The molecule has 3 aromatic carbocycles. The molecular formula is C18H13FO2. The van der Waals surface area contributed by atoms with Crippen LogP contribution in [0.3, 0.4) is 0 Å². The Morgan fingerprint density at radius 3 is 2.29 bits per heavy atom. The van der Waals surface area contributed by atoms with Crippen LogP contribution in [-0.2, 0) is 6.42 Å². The van der Waals surface area contributed by atoms with Crippen LogP contribution in [0.2, 0.25) is 0 Å². The van der Waals surface area contributed by atoms with Crippen molar-refractivity contribution in [1.29, 1.82) is 0 Å². The van der Waals surface area contributed by atoms with Crippen molar-refractivity contribution >= 4 is 16.7 Å². The van der Waals surface area contributed by atoms with E-state index in [1.807, 2.05) is 18.2 Å². The van der Waals surface area contributed by atoms with Crippen molar-refractivity contribution in [1.82, 2.24) is 0 Å². The van der Waals surface area contributed by atoms with Crippen molar-refractivity contribution in [2.45, 2.75) is 6.42 Å². The fourth-order valence-corrected chi connectivity index (χ4v) is 2.57. The smallest absolute Gasteiger partial charge is 0.335 e. The van der Waals surface area contributed by atoms with E-state index in [2.05, 4.69) is 0 Å². The largest absolute Gasteiger partial charge is 0.478 e. The van der Waals surface area contributed by atoms with Gasteiger partial charge in [-0.05, 0) is 35.1 Å². The Bertz CT molecular complexity index is 824. The van der Waals surface area contributed by atoms with Crippen LogP contribution in [0.15, 0.2) is 60.7 Å². The van der Waals surface area contributed by atoms with Crippen LogP contribution in [0.4, 0.5) is 4.39 Å². The predicted molar refractivity (Wildman–Crippen MR) is 80.1 cm³/mol. The molecule has 0 atom stereocenters. The second kappa shape index (κ2) is 5.37. The van der Waals surface area contributed by atoms with Gasteiger partial charge in [0, 0.05) is 5.39 Å². The van der Waals surface area contributed by atoms with Crippen LogP contribution in [-0.4, -0.2) is 11.1 Å². The molecule has 3 aromatic rings. The summed E-state index contributed by atoms with van der Waals surface area (Å²) in [7, 11) is 0. The molecule has 104 valence electrons. The lowest BCUT2D eigenvalue weighted by Crippen LogP contribution is -2.03. The van der Waals surface area contributed by atoms with Crippen molar-refractivity contribution in [2.24, 2.45) is 0 Å². The highest BCUT2D eigenvalue weighted by Gasteiger charge is 2.11. The maximum Gasteiger partial charge on any atom is 0.335 e. The lowest BCUT2D eigenvalue weighted by atomic mass is 9.95. The van der Waals surface area contributed by atoms with E-state index in [0.29, 0.717) is 11.8 Å². The third kappa shape index (κ3) is 2.50. The third-order valence-corrected chi connectivity index (χ3v) is 3.59. The van der Waals surface area contributed by atoms with Crippen LogP contribution in [0, 0.1) is 5.82 Å². The maximum atomic E-state index is 13.8. The van der Waals surface area contributed by atoms with Crippen LogP contribution in [0.25, 0.3) is 10.8 Å². The van der Waals surface area contributed by atoms with Gasteiger partial charge in [0.1, 0.15) is 5.82 Å². The normalized spacial score (nSPS) is 10.7. The number of carboxylic acids is 1. The molecule has 2 nitrogen and oxygen atoms in total. The Balaban J connectivity index is 2.11. The SMILES string of the molecule is O=C(O)c1ccccc1Cc1ccc(F)c2ccccc12. The van der Waals surface area contributed by atoms with Crippen molar-refractivity contribution in [3.05, 3.63) is 83.2 Å². The summed E-state index contributed by atoms with van der Waals surface area (Å²) < 4.78 is 13.8. The standard InChI is InChI=1S/C18H13FO2/c19-17-10-9-13(14-6-3-4-8-16(14)17)11-12-5-1-2-7-15(12)18(20)21/h1-10H,11H2,(H,20,21). The number of carbonyl (C=O) groups is 1. The Morgan fingerprint density at radius 2 is 1.52 bits per heavy atom. The first-order valence-electron chi connectivity index (χ1n) is 6.64. The van der Waals surface area contributed by atoms with Crippen LogP contribution >= 0.6 is 0 Å². The molecule has 0 aliphatic rings. The first-order chi connectivity index (χ1) is 10.2. The average molecular weight is 280 g/mol. The summed E-state index contributed by atoms with van der Waals surface area (Å²) in [5.41, 5.74) is 1.92. The lowest BCUT2D eigenvalue weighted by molar-refractivity contribution is 0.0696. The number of halogens is 1. The zero-order valence-electron chi connectivity index (χ0n) is 11.2. The highest BCUT2D eigenvalue weighted by molar-refractivity contribution is 5.90. The van der Waals surface area contributed by atoms with Gasteiger partial charge in [-0.1, -0.05) is 48.5 Å². The minimum atomic E-state index is -0.947. The number of hydrogen-bond donors (Lipinski definition) is 1. The molecule has 0 aliphatic carbocycles. The van der Waals surface area contributed by atoms with Gasteiger partial charge in [0.25, 0.3) is 0 Å². The predicted octanol–water partition coefficient (Wildman–Crippen LogP) is 4.27. The van der Waals surface area contributed by atoms with E-state index in [1.54, 1.807) is 36.4 Å². The Hall–Kier alpha value is -2.68. The zero-order valence-corrected chi connectivity index (χ0v) is 11.2. The number of hydrogen-bond acceptors (Lipinski definition) is 1. The van der Waals surface area contributed by atoms with Crippen molar-refractivity contribution < 1.29 is 14.3 Å². The maximum absolute atomic E-state index is 13.8. The number of rotatable bonds is 3. The molecular weight excluding hydrogens is 267 g/mol. The lowest BCUT2D eigenvalue weighted by Gasteiger charge is -2.09. The summed E-state index contributed by atoms with van der Waals surface area (Å²) in [4.78, 5) is 11.3. The topological polar surface area (TPSA) is 37.3 Å².